The summed E-state index contributed by atoms with van der Waals surface area (Å²) < 4.78 is 0. The molecule has 2 heterocycles. The van der Waals surface area contributed by atoms with Crippen LogP contribution in [0.1, 0.15) is 17.7 Å². The van der Waals surface area contributed by atoms with Crippen molar-refractivity contribution in [3.63, 3.8) is 0 Å². The van der Waals surface area contributed by atoms with Crippen molar-refractivity contribution in [3.8, 4) is 0 Å². The van der Waals surface area contributed by atoms with Gasteiger partial charge in [-0.3, -0.25) is 5.32 Å². The zero-order chi connectivity index (χ0) is 11.5. The molecule has 0 atom stereocenters. The van der Waals surface area contributed by atoms with Crippen molar-refractivity contribution in [2.45, 2.75) is 19.8 Å². The van der Waals surface area contributed by atoms with E-state index in [4.69, 9.17) is 0 Å². The zero-order valence-electron chi connectivity index (χ0n) is 9.45. The van der Waals surface area contributed by atoms with Crippen LogP contribution in [-0.4, -0.2) is 24.0 Å². The summed E-state index contributed by atoms with van der Waals surface area (Å²) in [5.41, 5.74) is 1.25. The van der Waals surface area contributed by atoms with E-state index in [-0.39, 0.29) is 6.03 Å². The molecule has 0 aliphatic carbocycles. The molecule has 2 amide bonds. The summed E-state index contributed by atoms with van der Waals surface area (Å²) in [6.07, 6.45) is 1.85. The second kappa shape index (κ2) is 4.70. The van der Waals surface area contributed by atoms with Gasteiger partial charge in [0.1, 0.15) is 0 Å². The molecule has 16 heavy (non-hydrogen) atoms. The number of nitrogens with one attached hydrogen (secondary N) is 1. The van der Waals surface area contributed by atoms with Gasteiger partial charge in [-0.2, -0.15) is 0 Å². The number of likely N-dealkylation sites (tertiary alicyclic amines) is 1. The Hall–Kier alpha value is -1.29. The molecule has 4 heteroatoms. The van der Waals surface area contributed by atoms with E-state index >= 15 is 0 Å². The van der Waals surface area contributed by atoms with Crippen molar-refractivity contribution >= 4 is 22.4 Å². The molecule has 1 fully saturated rings. The second-order valence-electron chi connectivity index (χ2n) is 4.08. The molecule has 2 rings (SSSR count). The van der Waals surface area contributed by atoms with Gasteiger partial charge in [0.15, 0.2) is 0 Å². The fourth-order valence-corrected chi connectivity index (χ4v) is 2.47. The number of thiophene rings is 1. The molecule has 1 aliphatic rings. The van der Waals surface area contributed by atoms with E-state index < -0.39 is 0 Å². The number of rotatable bonds is 1. The lowest BCUT2D eigenvalue weighted by atomic mass is 10.1. The fourth-order valence-electron chi connectivity index (χ4n) is 1.71. The lowest BCUT2D eigenvalue weighted by molar-refractivity contribution is 0.208. The van der Waals surface area contributed by atoms with Gasteiger partial charge in [-0.25, -0.2) is 4.79 Å². The number of carbonyl (C=O) groups excluding carboxylic acids is 1. The first-order valence-corrected chi connectivity index (χ1v) is 6.26. The van der Waals surface area contributed by atoms with Gasteiger partial charge in [-0.1, -0.05) is 12.2 Å². The van der Waals surface area contributed by atoms with E-state index in [0.29, 0.717) is 0 Å². The number of urea groups is 1. The molecular weight excluding hydrogens is 220 g/mol. The number of aryl methyl sites for hydroxylation is 1. The molecule has 1 aliphatic heterocycles. The minimum atomic E-state index is 0.00866. The molecule has 1 N–H and O–H groups in total. The lowest BCUT2D eigenvalue weighted by Gasteiger charge is -2.27. The number of amides is 2. The van der Waals surface area contributed by atoms with Crippen LogP contribution in [0.15, 0.2) is 24.3 Å². The quantitative estimate of drug-likeness (QED) is 0.746. The van der Waals surface area contributed by atoms with Gasteiger partial charge in [0.2, 0.25) is 0 Å². The van der Waals surface area contributed by atoms with Crippen LogP contribution in [0.2, 0.25) is 0 Å². The van der Waals surface area contributed by atoms with E-state index in [0.717, 1.165) is 30.9 Å². The van der Waals surface area contributed by atoms with Crippen LogP contribution in [-0.2, 0) is 0 Å². The number of piperidine rings is 1. The topological polar surface area (TPSA) is 32.3 Å². The predicted octanol–water partition coefficient (Wildman–Crippen LogP) is 3.24. The fraction of sp³-hybridized carbons (Fsp3) is 0.417. The standard InChI is InChI=1S/C12H16N2OS/c1-9-5-7-14(8-6-9)12(15)13-11-4-3-10(2)16-11/h3-4H,1,5-8H2,2H3,(H,13,15). The summed E-state index contributed by atoms with van der Waals surface area (Å²) in [5, 5.41) is 3.85. The van der Waals surface area contributed by atoms with Crippen LogP contribution < -0.4 is 5.32 Å². The summed E-state index contributed by atoms with van der Waals surface area (Å²) in [6, 6.07) is 3.97. The number of anilines is 1. The smallest absolute Gasteiger partial charge is 0.322 e. The number of hydrogen-bond acceptors (Lipinski definition) is 2. The predicted molar refractivity (Wildman–Crippen MR) is 68.0 cm³/mol. The molecule has 0 radical (unpaired) electrons. The maximum Gasteiger partial charge on any atom is 0.322 e. The van der Waals surface area contributed by atoms with E-state index in [1.807, 2.05) is 24.0 Å². The molecule has 1 aromatic heterocycles. The van der Waals surface area contributed by atoms with Crippen molar-refractivity contribution in [1.29, 1.82) is 0 Å². The van der Waals surface area contributed by atoms with Crippen LogP contribution in [0.25, 0.3) is 0 Å². The molecular formula is C12H16N2OS. The van der Waals surface area contributed by atoms with Gasteiger partial charge in [-0.15, -0.1) is 11.3 Å². The van der Waals surface area contributed by atoms with E-state index in [1.165, 1.54) is 10.5 Å². The van der Waals surface area contributed by atoms with E-state index in [9.17, 15) is 4.79 Å². The van der Waals surface area contributed by atoms with Crippen molar-refractivity contribution in [1.82, 2.24) is 4.90 Å². The maximum atomic E-state index is 11.9. The number of nitrogens with zero attached hydrogens (tertiary/aromatic N) is 1. The van der Waals surface area contributed by atoms with Gasteiger partial charge in [0.05, 0.1) is 5.00 Å². The highest BCUT2D eigenvalue weighted by atomic mass is 32.1. The zero-order valence-corrected chi connectivity index (χ0v) is 10.3. The number of carbonyl (C=O) groups is 1. The highest BCUT2D eigenvalue weighted by Gasteiger charge is 2.18. The average Bonchev–Trinajstić information content (AvgIpc) is 2.65. The Bertz CT molecular complexity index is 401. The Morgan fingerprint density at radius 1 is 1.44 bits per heavy atom. The minimum absolute atomic E-state index is 0.00866. The van der Waals surface area contributed by atoms with Gasteiger partial charge in [0.25, 0.3) is 0 Å². The third-order valence-corrected chi connectivity index (χ3v) is 3.64. The van der Waals surface area contributed by atoms with Gasteiger partial charge in [-0.05, 0) is 31.9 Å². The summed E-state index contributed by atoms with van der Waals surface area (Å²) in [5.74, 6) is 0. The summed E-state index contributed by atoms with van der Waals surface area (Å²) >= 11 is 1.60. The van der Waals surface area contributed by atoms with Crippen LogP contribution in [0.3, 0.4) is 0 Å². The molecule has 86 valence electrons. The first-order valence-electron chi connectivity index (χ1n) is 5.44. The third-order valence-electron chi connectivity index (χ3n) is 2.73. The second-order valence-corrected chi connectivity index (χ2v) is 5.37. The molecule has 0 aromatic carbocycles. The Labute approximate surface area is 99.8 Å². The molecule has 3 nitrogen and oxygen atoms in total. The van der Waals surface area contributed by atoms with Gasteiger partial charge in [0, 0.05) is 18.0 Å². The van der Waals surface area contributed by atoms with Crippen molar-refractivity contribution in [2.75, 3.05) is 18.4 Å². The minimum Gasteiger partial charge on any atom is -0.324 e. The van der Waals surface area contributed by atoms with E-state index in [1.54, 1.807) is 11.3 Å². The normalized spacial score (nSPS) is 16.3. The summed E-state index contributed by atoms with van der Waals surface area (Å²) in [7, 11) is 0. The first-order chi connectivity index (χ1) is 7.65. The number of hydrogen-bond donors (Lipinski definition) is 1. The maximum absolute atomic E-state index is 11.9. The Balaban J connectivity index is 1.91. The Kier molecular flexibility index (Phi) is 3.29. The highest BCUT2D eigenvalue weighted by Crippen LogP contribution is 2.22. The van der Waals surface area contributed by atoms with Crippen LogP contribution in [0, 0.1) is 6.92 Å². The molecule has 0 spiro atoms. The molecule has 1 saturated heterocycles. The first kappa shape index (κ1) is 11.2. The molecule has 0 saturated carbocycles. The van der Waals surface area contributed by atoms with Crippen molar-refractivity contribution < 1.29 is 4.79 Å². The third kappa shape index (κ3) is 2.64. The van der Waals surface area contributed by atoms with Gasteiger partial charge < -0.3 is 4.90 Å². The van der Waals surface area contributed by atoms with Gasteiger partial charge >= 0.3 is 6.03 Å². The Morgan fingerprint density at radius 3 is 2.69 bits per heavy atom. The lowest BCUT2D eigenvalue weighted by Crippen LogP contribution is -2.39. The van der Waals surface area contributed by atoms with Crippen molar-refractivity contribution in [2.24, 2.45) is 0 Å². The van der Waals surface area contributed by atoms with E-state index in [2.05, 4.69) is 11.9 Å². The average molecular weight is 236 g/mol. The van der Waals surface area contributed by atoms with Crippen molar-refractivity contribution in [3.05, 3.63) is 29.2 Å². The SMILES string of the molecule is C=C1CCN(C(=O)Nc2ccc(C)s2)CC1. The van der Waals surface area contributed by atoms with Crippen LogP contribution in [0.5, 0.6) is 0 Å². The highest BCUT2D eigenvalue weighted by molar-refractivity contribution is 7.16. The largest absolute Gasteiger partial charge is 0.324 e. The monoisotopic (exact) mass is 236 g/mol. The molecule has 0 unspecified atom stereocenters. The molecule has 1 aromatic rings. The molecule has 0 bridgehead atoms. The summed E-state index contributed by atoms with van der Waals surface area (Å²) in [6.45, 7) is 7.55. The van der Waals surface area contributed by atoms with Crippen LogP contribution in [0.4, 0.5) is 9.80 Å². The summed E-state index contributed by atoms with van der Waals surface area (Å²) in [4.78, 5) is 14.9. The van der Waals surface area contributed by atoms with Crippen LogP contribution >= 0.6 is 11.3 Å². The Morgan fingerprint density at radius 2 is 2.12 bits per heavy atom.